The molecule has 0 radical (unpaired) electrons. The zero-order chi connectivity index (χ0) is 12.8. The summed E-state index contributed by atoms with van der Waals surface area (Å²) in [5.74, 6) is 0. The first-order valence-electron chi connectivity index (χ1n) is 6.42. The van der Waals surface area contributed by atoms with Gasteiger partial charge in [-0.3, -0.25) is 0 Å². The summed E-state index contributed by atoms with van der Waals surface area (Å²) >= 11 is 0. The molecule has 2 aromatic carbocycles. The van der Waals surface area contributed by atoms with E-state index in [1.807, 2.05) is 0 Å². The molecule has 2 rings (SSSR count). The molecule has 1 unspecified atom stereocenters. The minimum absolute atomic E-state index is 0.298. The summed E-state index contributed by atoms with van der Waals surface area (Å²) in [6, 6.07) is 21.6. The van der Waals surface area contributed by atoms with E-state index in [0.717, 1.165) is 13.0 Å². The Bertz CT molecular complexity index is 416. The van der Waals surface area contributed by atoms with Crippen LogP contribution >= 0.6 is 7.92 Å². The van der Waals surface area contributed by atoms with Crippen molar-refractivity contribution < 1.29 is 0 Å². The fraction of sp³-hybridized carbons (Fsp3) is 0.250. The summed E-state index contributed by atoms with van der Waals surface area (Å²) in [5, 5.41) is 2.89. The van der Waals surface area contributed by atoms with Crippen molar-refractivity contribution in [2.45, 2.75) is 19.0 Å². The summed E-state index contributed by atoms with van der Waals surface area (Å²) < 4.78 is 0. The molecule has 0 aliphatic rings. The van der Waals surface area contributed by atoms with Crippen LogP contribution in [0, 0.1) is 0 Å². The predicted octanol–water partition coefficient (Wildman–Crippen LogP) is 2.86. The van der Waals surface area contributed by atoms with Crippen molar-refractivity contribution in [3.05, 3.63) is 60.7 Å². The number of rotatable bonds is 5. The Balaban J connectivity index is 2.35. The van der Waals surface area contributed by atoms with Gasteiger partial charge in [0.1, 0.15) is 0 Å². The van der Waals surface area contributed by atoms with Gasteiger partial charge in [-0.05, 0) is 37.2 Å². The smallest absolute Gasteiger partial charge is 0.00711 e. The quantitative estimate of drug-likeness (QED) is 0.819. The summed E-state index contributed by atoms with van der Waals surface area (Å²) in [5.41, 5.74) is 6.35. The van der Waals surface area contributed by atoms with Crippen molar-refractivity contribution in [1.82, 2.24) is 0 Å². The lowest BCUT2D eigenvalue weighted by Crippen LogP contribution is -2.21. The Hall–Kier alpha value is -1.17. The van der Waals surface area contributed by atoms with Gasteiger partial charge < -0.3 is 5.73 Å². The molecular formula is C16H20NP. The number of benzene rings is 2. The van der Waals surface area contributed by atoms with Crippen LogP contribution in [0.5, 0.6) is 0 Å². The second-order valence-electron chi connectivity index (χ2n) is 4.47. The van der Waals surface area contributed by atoms with Gasteiger partial charge in [-0.15, -0.1) is 0 Å². The summed E-state index contributed by atoms with van der Waals surface area (Å²) in [6.45, 7) is 3.08. The average molecular weight is 257 g/mol. The van der Waals surface area contributed by atoms with Crippen molar-refractivity contribution in [2.24, 2.45) is 5.73 Å². The number of nitrogens with two attached hydrogens (primary N) is 1. The molecule has 0 saturated heterocycles. The summed E-state index contributed by atoms with van der Waals surface area (Å²) in [4.78, 5) is 0. The Morgan fingerprint density at radius 1 is 0.889 bits per heavy atom. The number of hydrogen-bond donors (Lipinski definition) is 1. The molecule has 0 saturated carbocycles. The maximum atomic E-state index is 5.73. The summed E-state index contributed by atoms with van der Waals surface area (Å²) in [7, 11) is -0.298. The van der Waals surface area contributed by atoms with E-state index in [2.05, 4.69) is 67.6 Å². The van der Waals surface area contributed by atoms with Crippen LogP contribution in [0.2, 0.25) is 0 Å². The van der Waals surface area contributed by atoms with Crippen LogP contribution in [0.3, 0.4) is 0 Å². The highest BCUT2D eigenvalue weighted by molar-refractivity contribution is 7.73. The second-order valence-corrected chi connectivity index (χ2v) is 7.12. The van der Waals surface area contributed by atoms with E-state index in [1.165, 1.54) is 10.6 Å². The molecule has 1 atom stereocenters. The molecular weight excluding hydrogens is 237 g/mol. The molecule has 18 heavy (non-hydrogen) atoms. The van der Waals surface area contributed by atoms with E-state index in [-0.39, 0.29) is 7.92 Å². The highest BCUT2D eigenvalue weighted by Crippen LogP contribution is 2.40. The zero-order valence-corrected chi connectivity index (χ0v) is 11.7. The van der Waals surface area contributed by atoms with Crippen molar-refractivity contribution in [3.8, 4) is 0 Å². The van der Waals surface area contributed by atoms with Gasteiger partial charge >= 0.3 is 0 Å². The molecule has 2 heteroatoms. The maximum absolute atomic E-state index is 5.73. The third kappa shape index (κ3) is 3.19. The van der Waals surface area contributed by atoms with Crippen LogP contribution < -0.4 is 16.3 Å². The van der Waals surface area contributed by atoms with Crippen LogP contribution in [0.15, 0.2) is 60.7 Å². The molecule has 2 aromatic rings. The molecule has 0 amide bonds. The SMILES string of the molecule is CC(CCN)P(c1ccccc1)c1ccccc1. The molecule has 0 spiro atoms. The highest BCUT2D eigenvalue weighted by atomic mass is 31.1. The molecule has 94 valence electrons. The van der Waals surface area contributed by atoms with E-state index in [4.69, 9.17) is 5.73 Å². The van der Waals surface area contributed by atoms with Crippen molar-refractivity contribution in [1.29, 1.82) is 0 Å². The topological polar surface area (TPSA) is 26.0 Å². The Morgan fingerprint density at radius 3 is 1.72 bits per heavy atom. The lowest BCUT2D eigenvalue weighted by molar-refractivity contribution is 0.818. The van der Waals surface area contributed by atoms with Crippen molar-refractivity contribution in [2.75, 3.05) is 6.54 Å². The van der Waals surface area contributed by atoms with Crippen LogP contribution in [-0.2, 0) is 0 Å². The van der Waals surface area contributed by atoms with Crippen molar-refractivity contribution >= 4 is 18.5 Å². The van der Waals surface area contributed by atoms with E-state index in [1.54, 1.807) is 0 Å². The monoisotopic (exact) mass is 257 g/mol. The standard InChI is InChI=1S/C16H20NP/c1-14(12-13-17)18(15-8-4-2-5-9-15)16-10-6-3-7-11-16/h2-11,14H,12-13,17H2,1H3. The van der Waals surface area contributed by atoms with E-state index in [0.29, 0.717) is 5.66 Å². The minimum Gasteiger partial charge on any atom is -0.330 e. The molecule has 0 aliphatic heterocycles. The van der Waals surface area contributed by atoms with Gasteiger partial charge in [-0.25, -0.2) is 0 Å². The van der Waals surface area contributed by atoms with Gasteiger partial charge in [0, 0.05) is 0 Å². The molecule has 0 aromatic heterocycles. The fourth-order valence-corrected chi connectivity index (χ4v) is 4.92. The first-order valence-corrected chi connectivity index (χ1v) is 7.83. The summed E-state index contributed by atoms with van der Waals surface area (Å²) in [6.07, 6.45) is 1.08. The zero-order valence-electron chi connectivity index (χ0n) is 10.8. The van der Waals surface area contributed by atoms with E-state index >= 15 is 0 Å². The van der Waals surface area contributed by atoms with Gasteiger partial charge in [-0.2, -0.15) is 0 Å². The third-order valence-corrected chi connectivity index (χ3v) is 5.94. The van der Waals surface area contributed by atoms with Gasteiger partial charge in [0.15, 0.2) is 0 Å². The van der Waals surface area contributed by atoms with E-state index < -0.39 is 0 Å². The fourth-order valence-electron chi connectivity index (χ4n) is 2.21. The van der Waals surface area contributed by atoms with Crippen molar-refractivity contribution in [3.63, 3.8) is 0 Å². The third-order valence-electron chi connectivity index (χ3n) is 3.09. The van der Waals surface area contributed by atoms with Crippen LogP contribution in [0.4, 0.5) is 0 Å². The molecule has 2 N–H and O–H groups in total. The Morgan fingerprint density at radius 2 is 1.33 bits per heavy atom. The highest BCUT2D eigenvalue weighted by Gasteiger charge is 2.19. The first-order chi connectivity index (χ1) is 8.83. The molecule has 0 aliphatic carbocycles. The Kier molecular flexibility index (Phi) is 4.92. The lowest BCUT2D eigenvalue weighted by Gasteiger charge is -2.25. The molecule has 0 heterocycles. The van der Waals surface area contributed by atoms with Gasteiger partial charge in [0.25, 0.3) is 0 Å². The maximum Gasteiger partial charge on any atom is -0.00711 e. The largest absolute Gasteiger partial charge is 0.330 e. The number of hydrogen-bond acceptors (Lipinski definition) is 1. The second kappa shape index (κ2) is 6.68. The molecule has 0 bridgehead atoms. The lowest BCUT2D eigenvalue weighted by atomic mass is 10.3. The Labute approximate surface area is 111 Å². The first kappa shape index (κ1) is 13.3. The van der Waals surface area contributed by atoms with Crippen LogP contribution in [0.25, 0.3) is 0 Å². The van der Waals surface area contributed by atoms with Gasteiger partial charge in [-0.1, -0.05) is 67.6 Å². The van der Waals surface area contributed by atoms with Crippen LogP contribution in [-0.4, -0.2) is 12.2 Å². The average Bonchev–Trinajstić information content (AvgIpc) is 2.42. The normalized spacial score (nSPS) is 12.6. The van der Waals surface area contributed by atoms with E-state index in [9.17, 15) is 0 Å². The minimum atomic E-state index is -0.298. The predicted molar refractivity (Wildman–Crippen MR) is 82.2 cm³/mol. The van der Waals surface area contributed by atoms with Crippen LogP contribution in [0.1, 0.15) is 13.3 Å². The van der Waals surface area contributed by atoms with Gasteiger partial charge in [0.05, 0.1) is 0 Å². The molecule has 1 nitrogen and oxygen atoms in total. The molecule has 0 fully saturated rings. The van der Waals surface area contributed by atoms with Gasteiger partial charge in [0.2, 0.25) is 0 Å².